The van der Waals surface area contributed by atoms with Crippen LogP contribution in [0.15, 0.2) is 29.2 Å². The van der Waals surface area contributed by atoms with E-state index in [2.05, 4.69) is 10.3 Å². The number of amides is 3. The van der Waals surface area contributed by atoms with Crippen molar-refractivity contribution in [2.24, 2.45) is 11.8 Å². The van der Waals surface area contributed by atoms with E-state index in [-0.39, 0.29) is 35.9 Å². The summed E-state index contributed by atoms with van der Waals surface area (Å²) in [5, 5.41) is 3.41. The van der Waals surface area contributed by atoms with Gasteiger partial charge in [-0.15, -0.1) is 0 Å². The number of rotatable bonds is 4. The number of hydrogen-bond donors (Lipinski definition) is 1. The SMILES string of the molecule is O=C1NC(C2CC2)(C2CC2)C(=O)N1Cc1cc(=O)n2cc(Cl)ccc2n1. The van der Waals surface area contributed by atoms with Gasteiger partial charge in [-0.05, 0) is 49.7 Å². The highest BCUT2D eigenvalue weighted by Gasteiger charge is 2.65. The Kier molecular flexibility index (Phi) is 3.22. The van der Waals surface area contributed by atoms with Crippen LogP contribution in [0.4, 0.5) is 4.79 Å². The van der Waals surface area contributed by atoms with E-state index in [1.807, 2.05) is 0 Å². The molecular formula is C18H17ClN4O3. The minimum atomic E-state index is -0.726. The standard InChI is InChI=1S/C18H17ClN4O3/c19-12-5-6-14-20-13(7-15(24)22(14)8-12)9-23-16(25)18(10-1-2-10,11-3-4-11)21-17(23)26/h5-8,10-11H,1-4,9H2,(H,21,26). The molecule has 2 aromatic heterocycles. The molecule has 26 heavy (non-hydrogen) atoms. The summed E-state index contributed by atoms with van der Waals surface area (Å²) in [6, 6.07) is 4.24. The lowest BCUT2D eigenvalue weighted by molar-refractivity contribution is -0.133. The van der Waals surface area contributed by atoms with Gasteiger partial charge in [-0.1, -0.05) is 11.6 Å². The van der Waals surface area contributed by atoms with Gasteiger partial charge in [-0.25, -0.2) is 9.78 Å². The fourth-order valence-electron chi connectivity index (χ4n) is 4.09. The molecular weight excluding hydrogens is 356 g/mol. The highest BCUT2D eigenvalue weighted by Crippen LogP contribution is 2.54. The summed E-state index contributed by atoms with van der Waals surface area (Å²) in [6.45, 7) is 0.000221. The molecule has 1 saturated heterocycles. The van der Waals surface area contributed by atoms with Crippen molar-refractivity contribution in [1.29, 1.82) is 0 Å². The van der Waals surface area contributed by atoms with Crippen molar-refractivity contribution in [3.63, 3.8) is 0 Å². The molecule has 3 heterocycles. The number of imide groups is 1. The number of carbonyl (C=O) groups excluding carboxylic acids is 2. The molecule has 0 spiro atoms. The molecule has 0 bridgehead atoms. The number of hydrogen-bond acceptors (Lipinski definition) is 4. The van der Waals surface area contributed by atoms with Gasteiger partial charge in [0.2, 0.25) is 0 Å². The highest BCUT2D eigenvalue weighted by molar-refractivity contribution is 6.30. The second-order valence-corrected chi connectivity index (χ2v) is 7.84. The molecule has 1 N–H and O–H groups in total. The summed E-state index contributed by atoms with van der Waals surface area (Å²) in [4.78, 5) is 43.6. The number of halogens is 1. The molecule has 5 rings (SSSR count). The molecule has 134 valence electrons. The Labute approximate surface area is 154 Å². The summed E-state index contributed by atoms with van der Waals surface area (Å²) in [7, 11) is 0. The maximum Gasteiger partial charge on any atom is 0.325 e. The Morgan fingerprint density at radius 2 is 1.85 bits per heavy atom. The van der Waals surface area contributed by atoms with Gasteiger partial charge in [-0.2, -0.15) is 0 Å². The second-order valence-electron chi connectivity index (χ2n) is 7.40. The van der Waals surface area contributed by atoms with Crippen molar-refractivity contribution < 1.29 is 9.59 Å². The number of urea groups is 1. The van der Waals surface area contributed by atoms with E-state index in [9.17, 15) is 14.4 Å². The van der Waals surface area contributed by atoms with Crippen LogP contribution in [0.2, 0.25) is 5.02 Å². The quantitative estimate of drug-likeness (QED) is 0.831. The molecule has 3 aliphatic rings. The summed E-state index contributed by atoms with van der Waals surface area (Å²) in [6.07, 6.45) is 5.41. The average molecular weight is 373 g/mol. The van der Waals surface area contributed by atoms with Crippen LogP contribution in [0.25, 0.3) is 5.65 Å². The molecule has 0 aromatic carbocycles. The summed E-state index contributed by atoms with van der Waals surface area (Å²) in [5.41, 5.74) is -0.200. The zero-order valence-corrected chi connectivity index (χ0v) is 14.7. The minimum Gasteiger partial charge on any atom is -0.323 e. The first-order chi connectivity index (χ1) is 12.5. The van der Waals surface area contributed by atoms with E-state index >= 15 is 0 Å². The number of nitrogens with zero attached hydrogens (tertiary/aromatic N) is 3. The van der Waals surface area contributed by atoms with Crippen LogP contribution >= 0.6 is 11.6 Å². The van der Waals surface area contributed by atoms with Gasteiger partial charge in [0.05, 0.1) is 17.3 Å². The monoisotopic (exact) mass is 372 g/mol. The Morgan fingerprint density at radius 3 is 2.50 bits per heavy atom. The van der Waals surface area contributed by atoms with Crippen molar-refractivity contribution in [3.8, 4) is 0 Å². The van der Waals surface area contributed by atoms with Gasteiger partial charge in [0.15, 0.2) is 0 Å². The third-order valence-electron chi connectivity index (χ3n) is 5.60. The number of carbonyl (C=O) groups is 2. The zero-order valence-electron chi connectivity index (χ0n) is 13.9. The lowest BCUT2D eigenvalue weighted by Crippen LogP contribution is -2.51. The zero-order chi connectivity index (χ0) is 18.1. The molecule has 2 aromatic rings. The average Bonchev–Trinajstić information content (AvgIpc) is 3.50. The van der Waals surface area contributed by atoms with Crippen LogP contribution in [0.5, 0.6) is 0 Å². The summed E-state index contributed by atoms with van der Waals surface area (Å²) < 4.78 is 1.34. The van der Waals surface area contributed by atoms with Crippen molar-refractivity contribution in [2.45, 2.75) is 37.8 Å². The molecule has 0 unspecified atom stereocenters. The Balaban J connectivity index is 1.49. The van der Waals surface area contributed by atoms with Crippen LogP contribution in [0, 0.1) is 11.8 Å². The van der Waals surface area contributed by atoms with Gasteiger partial charge in [0, 0.05) is 12.3 Å². The lowest BCUT2D eigenvalue weighted by Gasteiger charge is -2.26. The van der Waals surface area contributed by atoms with Gasteiger partial charge in [-0.3, -0.25) is 18.9 Å². The summed E-state index contributed by atoms with van der Waals surface area (Å²) >= 11 is 5.92. The normalized spacial score (nSPS) is 22.1. The van der Waals surface area contributed by atoms with Crippen LogP contribution in [-0.2, 0) is 11.3 Å². The van der Waals surface area contributed by atoms with Gasteiger partial charge in [0.1, 0.15) is 11.2 Å². The fourth-order valence-corrected chi connectivity index (χ4v) is 4.25. The Bertz CT molecular complexity index is 997. The Morgan fingerprint density at radius 1 is 1.15 bits per heavy atom. The van der Waals surface area contributed by atoms with Gasteiger partial charge >= 0.3 is 6.03 Å². The van der Waals surface area contributed by atoms with E-state index in [0.29, 0.717) is 16.4 Å². The number of aromatic nitrogens is 2. The number of fused-ring (bicyclic) bond motifs is 1. The minimum absolute atomic E-state index is 0.000221. The van der Waals surface area contributed by atoms with Crippen LogP contribution in [0.1, 0.15) is 31.4 Å². The van der Waals surface area contributed by atoms with Crippen LogP contribution in [-0.4, -0.2) is 31.8 Å². The third-order valence-corrected chi connectivity index (χ3v) is 5.82. The van der Waals surface area contributed by atoms with E-state index in [0.717, 1.165) is 25.7 Å². The van der Waals surface area contributed by atoms with Crippen molar-refractivity contribution in [2.75, 3.05) is 0 Å². The highest BCUT2D eigenvalue weighted by atomic mass is 35.5. The van der Waals surface area contributed by atoms with Gasteiger partial charge in [0.25, 0.3) is 11.5 Å². The fraction of sp³-hybridized carbons (Fsp3) is 0.444. The van der Waals surface area contributed by atoms with Crippen LogP contribution in [0.3, 0.4) is 0 Å². The van der Waals surface area contributed by atoms with E-state index in [1.165, 1.54) is 21.6 Å². The Hall–Kier alpha value is -2.41. The predicted molar refractivity (Wildman–Crippen MR) is 93.7 cm³/mol. The van der Waals surface area contributed by atoms with Crippen molar-refractivity contribution >= 4 is 29.2 Å². The van der Waals surface area contributed by atoms with Crippen molar-refractivity contribution in [1.82, 2.24) is 19.6 Å². The molecule has 3 amide bonds. The van der Waals surface area contributed by atoms with Crippen molar-refractivity contribution in [3.05, 3.63) is 45.5 Å². The molecule has 2 aliphatic carbocycles. The molecule has 3 fully saturated rings. The molecule has 8 heteroatoms. The van der Waals surface area contributed by atoms with Gasteiger partial charge < -0.3 is 5.32 Å². The summed E-state index contributed by atoms with van der Waals surface area (Å²) in [5.74, 6) is 0.327. The van der Waals surface area contributed by atoms with E-state index in [4.69, 9.17) is 11.6 Å². The number of pyridine rings is 1. The predicted octanol–water partition coefficient (Wildman–Crippen LogP) is 1.96. The molecule has 2 saturated carbocycles. The maximum absolute atomic E-state index is 13.1. The maximum atomic E-state index is 13.1. The molecule has 1 aliphatic heterocycles. The smallest absolute Gasteiger partial charge is 0.323 e. The van der Waals surface area contributed by atoms with E-state index < -0.39 is 5.54 Å². The van der Waals surface area contributed by atoms with E-state index in [1.54, 1.807) is 12.1 Å². The largest absolute Gasteiger partial charge is 0.325 e. The first kappa shape index (κ1) is 15.8. The molecule has 0 atom stereocenters. The number of nitrogens with one attached hydrogen (secondary N) is 1. The topological polar surface area (TPSA) is 83.8 Å². The third kappa shape index (κ3) is 2.26. The molecule has 0 radical (unpaired) electrons. The first-order valence-corrected chi connectivity index (χ1v) is 9.19. The second kappa shape index (κ2) is 5.30. The lowest BCUT2D eigenvalue weighted by atomic mass is 9.87. The van der Waals surface area contributed by atoms with Crippen LogP contribution < -0.4 is 10.9 Å². The first-order valence-electron chi connectivity index (χ1n) is 8.81. The molecule has 7 nitrogen and oxygen atoms in total.